The van der Waals surface area contributed by atoms with Crippen molar-refractivity contribution in [3.8, 4) is 17.7 Å². The number of nitrogens with one attached hydrogen (secondary N) is 1. The van der Waals surface area contributed by atoms with Gasteiger partial charge in [-0.05, 0) is 30.6 Å². The molecule has 1 saturated heterocycles. The molecule has 30 heavy (non-hydrogen) atoms. The zero-order chi connectivity index (χ0) is 20.5. The smallest absolute Gasteiger partial charge is 0.279 e. The SMILES string of the molecule is N=C(N)OCC1C2=CC(C#CC3CC3)=CCC2Oc2ncc(N3CCOCC3)cc21. The van der Waals surface area contributed by atoms with Crippen LogP contribution in [0.15, 0.2) is 35.6 Å². The van der Waals surface area contributed by atoms with Crippen molar-refractivity contribution in [2.45, 2.75) is 31.3 Å². The molecule has 0 spiro atoms. The first-order chi connectivity index (χ1) is 14.7. The summed E-state index contributed by atoms with van der Waals surface area (Å²) >= 11 is 0. The Kier molecular flexibility index (Phi) is 5.09. The molecule has 2 aliphatic heterocycles. The molecule has 0 aromatic carbocycles. The van der Waals surface area contributed by atoms with Gasteiger partial charge in [-0.25, -0.2) is 4.98 Å². The molecule has 3 N–H and O–H groups in total. The van der Waals surface area contributed by atoms with Crippen molar-refractivity contribution in [1.29, 1.82) is 5.41 Å². The molecule has 2 atom stereocenters. The first-order valence-electron chi connectivity index (χ1n) is 10.6. The third kappa shape index (κ3) is 4.01. The number of hydrogen-bond acceptors (Lipinski definition) is 6. The van der Waals surface area contributed by atoms with Gasteiger partial charge in [0.2, 0.25) is 5.88 Å². The number of nitrogens with two attached hydrogens (primary N) is 1. The molecule has 0 amide bonds. The van der Waals surface area contributed by atoms with Crippen LogP contribution in [0.2, 0.25) is 0 Å². The number of ether oxygens (including phenoxy) is 3. The first kappa shape index (κ1) is 19.0. The monoisotopic (exact) mass is 406 g/mol. The third-order valence-electron chi connectivity index (χ3n) is 5.92. The van der Waals surface area contributed by atoms with E-state index in [1.807, 2.05) is 6.20 Å². The van der Waals surface area contributed by atoms with Crippen molar-refractivity contribution in [3.05, 3.63) is 41.1 Å². The van der Waals surface area contributed by atoms with Gasteiger partial charge in [-0.2, -0.15) is 0 Å². The van der Waals surface area contributed by atoms with Crippen LogP contribution < -0.4 is 15.4 Å². The molecule has 7 nitrogen and oxygen atoms in total. The highest BCUT2D eigenvalue weighted by atomic mass is 16.5. The molecular formula is C23H26N4O3. The second-order valence-electron chi connectivity index (χ2n) is 8.10. The number of aromatic nitrogens is 1. The van der Waals surface area contributed by atoms with E-state index >= 15 is 0 Å². The number of rotatable bonds is 3. The van der Waals surface area contributed by atoms with E-state index in [2.05, 4.69) is 39.9 Å². The molecule has 0 bridgehead atoms. The number of pyridine rings is 1. The van der Waals surface area contributed by atoms with E-state index in [1.54, 1.807) is 0 Å². The summed E-state index contributed by atoms with van der Waals surface area (Å²) in [4.78, 5) is 6.90. The maximum Gasteiger partial charge on any atom is 0.279 e. The van der Waals surface area contributed by atoms with Gasteiger partial charge >= 0.3 is 0 Å². The highest BCUT2D eigenvalue weighted by Crippen LogP contribution is 2.43. The van der Waals surface area contributed by atoms with Gasteiger partial charge in [0.1, 0.15) is 12.7 Å². The summed E-state index contributed by atoms with van der Waals surface area (Å²) in [5.74, 6) is 7.77. The van der Waals surface area contributed by atoms with Crippen LogP contribution in [0.5, 0.6) is 5.88 Å². The van der Waals surface area contributed by atoms with Gasteiger partial charge in [0, 0.05) is 42.5 Å². The highest BCUT2D eigenvalue weighted by Gasteiger charge is 2.36. The zero-order valence-electron chi connectivity index (χ0n) is 16.9. The van der Waals surface area contributed by atoms with Crippen molar-refractivity contribution < 1.29 is 14.2 Å². The molecule has 2 aliphatic carbocycles. The molecule has 7 heteroatoms. The summed E-state index contributed by atoms with van der Waals surface area (Å²) in [5.41, 5.74) is 9.67. The zero-order valence-corrected chi connectivity index (χ0v) is 16.9. The molecule has 0 radical (unpaired) electrons. The molecule has 1 saturated carbocycles. The van der Waals surface area contributed by atoms with Gasteiger partial charge < -0.3 is 24.8 Å². The van der Waals surface area contributed by atoms with Crippen molar-refractivity contribution in [2.24, 2.45) is 11.7 Å². The second-order valence-corrected chi connectivity index (χ2v) is 8.10. The average Bonchev–Trinajstić information content (AvgIpc) is 3.60. The standard InChI is InChI=1S/C23H26N4O3/c24-23(25)29-14-20-18-11-16(4-3-15-1-2-15)5-6-21(18)30-22-19(20)12-17(13-26-22)27-7-9-28-10-8-27/h5,11-13,15,20-21H,1-2,6-10,14H2,(H3,24,25). The van der Waals surface area contributed by atoms with Crippen LogP contribution in [0.3, 0.4) is 0 Å². The number of anilines is 1. The van der Waals surface area contributed by atoms with Crippen LogP contribution in [0.4, 0.5) is 5.69 Å². The Balaban J connectivity index is 1.48. The number of hydrogen-bond donors (Lipinski definition) is 2. The largest absolute Gasteiger partial charge is 0.469 e. The van der Waals surface area contributed by atoms with Crippen LogP contribution in [0, 0.1) is 23.2 Å². The van der Waals surface area contributed by atoms with E-state index in [9.17, 15) is 0 Å². The summed E-state index contributed by atoms with van der Waals surface area (Å²) < 4.78 is 17.2. The first-order valence-corrected chi connectivity index (χ1v) is 10.6. The minimum absolute atomic E-state index is 0.0810. The summed E-state index contributed by atoms with van der Waals surface area (Å²) in [5, 5.41) is 7.52. The van der Waals surface area contributed by atoms with Crippen LogP contribution in [0.25, 0.3) is 0 Å². The molecule has 2 fully saturated rings. The van der Waals surface area contributed by atoms with Crippen LogP contribution in [-0.4, -0.2) is 50.0 Å². The predicted octanol–water partition coefficient (Wildman–Crippen LogP) is 2.34. The van der Waals surface area contributed by atoms with E-state index in [0.717, 1.165) is 41.9 Å². The molecule has 3 heterocycles. The number of morpholine rings is 1. The van der Waals surface area contributed by atoms with Crippen LogP contribution in [-0.2, 0) is 9.47 Å². The Bertz CT molecular complexity index is 964. The van der Waals surface area contributed by atoms with E-state index < -0.39 is 0 Å². The maximum absolute atomic E-state index is 7.52. The lowest BCUT2D eigenvalue weighted by atomic mass is 9.81. The Labute approximate surface area is 176 Å². The van der Waals surface area contributed by atoms with Crippen LogP contribution >= 0.6 is 0 Å². The lowest BCUT2D eigenvalue weighted by Crippen LogP contribution is -2.37. The van der Waals surface area contributed by atoms with Gasteiger partial charge in [0.25, 0.3) is 6.02 Å². The fourth-order valence-electron chi connectivity index (χ4n) is 4.12. The summed E-state index contributed by atoms with van der Waals surface area (Å²) in [6.45, 7) is 3.39. The predicted molar refractivity (Wildman–Crippen MR) is 114 cm³/mol. The Morgan fingerprint density at radius 2 is 2.17 bits per heavy atom. The van der Waals surface area contributed by atoms with Gasteiger partial charge in [-0.3, -0.25) is 5.41 Å². The molecule has 1 aromatic rings. The number of amidine groups is 1. The molecule has 2 unspecified atom stereocenters. The second kappa shape index (κ2) is 8.04. The van der Waals surface area contributed by atoms with Crippen molar-refractivity contribution >= 4 is 11.7 Å². The van der Waals surface area contributed by atoms with Gasteiger partial charge in [0.15, 0.2) is 0 Å². The summed E-state index contributed by atoms with van der Waals surface area (Å²) in [6, 6.07) is 1.85. The Hall–Kier alpha value is -2.98. The Morgan fingerprint density at radius 3 is 2.93 bits per heavy atom. The van der Waals surface area contributed by atoms with Crippen molar-refractivity contribution in [3.63, 3.8) is 0 Å². The summed E-state index contributed by atoms with van der Waals surface area (Å²) in [6.07, 6.45) is 9.21. The van der Waals surface area contributed by atoms with Crippen LogP contribution in [0.1, 0.15) is 30.7 Å². The quantitative estimate of drug-likeness (QED) is 0.455. The normalized spacial score (nSPS) is 24.9. The highest BCUT2D eigenvalue weighted by molar-refractivity contribution is 5.67. The molecule has 4 aliphatic rings. The number of fused-ring (bicyclic) bond motifs is 2. The van der Waals surface area contributed by atoms with Gasteiger partial charge in [-0.1, -0.05) is 17.9 Å². The van der Waals surface area contributed by atoms with Crippen molar-refractivity contribution in [1.82, 2.24) is 4.98 Å². The third-order valence-corrected chi connectivity index (χ3v) is 5.92. The summed E-state index contributed by atoms with van der Waals surface area (Å²) in [7, 11) is 0. The minimum Gasteiger partial charge on any atom is -0.469 e. The lowest BCUT2D eigenvalue weighted by molar-refractivity contribution is 0.122. The molecule has 5 rings (SSSR count). The fourth-order valence-corrected chi connectivity index (χ4v) is 4.12. The molecular weight excluding hydrogens is 380 g/mol. The lowest BCUT2D eigenvalue weighted by Gasteiger charge is -2.36. The fraction of sp³-hybridized carbons (Fsp3) is 0.478. The number of allylic oxidation sites excluding steroid dienone is 2. The minimum atomic E-state index is -0.280. The van der Waals surface area contributed by atoms with E-state index in [0.29, 0.717) is 25.0 Å². The Morgan fingerprint density at radius 1 is 1.33 bits per heavy atom. The average molecular weight is 406 g/mol. The molecule has 156 valence electrons. The van der Waals surface area contributed by atoms with E-state index in [-0.39, 0.29) is 24.7 Å². The number of nitrogens with zero attached hydrogens (tertiary/aromatic N) is 2. The van der Waals surface area contributed by atoms with E-state index in [1.165, 1.54) is 12.8 Å². The topological polar surface area (TPSA) is 93.7 Å². The van der Waals surface area contributed by atoms with E-state index in [4.69, 9.17) is 25.4 Å². The van der Waals surface area contributed by atoms with Crippen molar-refractivity contribution in [2.75, 3.05) is 37.8 Å². The maximum atomic E-state index is 7.52. The van der Waals surface area contributed by atoms with Gasteiger partial charge in [-0.15, -0.1) is 0 Å². The molecule has 1 aromatic heterocycles. The van der Waals surface area contributed by atoms with Gasteiger partial charge in [0.05, 0.1) is 25.1 Å².